The van der Waals surface area contributed by atoms with Crippen LogP contribution >= 0.6 is 0 Å². The highest BCUT2D eigenvalue weighted by Crippen LogP contribution is 2.29. The molecule has 12 nitrogen and oxygen atoms in total. The minimum atomic E-state index is -1.24. The third-order valence-electron chi connectivity index (χ3n) is 6.96. The average molecular weight is 555 g/mol. The zero-order valence-corrected chi connectivity index (χ0v) is 23.0. The van der Waals surface area contributed by atoms with Gasteiger partial charge in [0.25, 0.3) is 0 Å². The van der Waals surface area contributed by atoms with Gasteiger partial charge in [0.05, 0.1) is 29.9 Å². The molecule has 40 heavy (non-hydrogen) atoms. The van der Waals surface area contributed by atoms with Gasteiger partial charge in [-0.3, -0.25) is 9.48 Å². The van der Waals surface area contributed by atoms with Crippen LogP contribution in [-0.2, 0) is 9.53 Å². The standard InChI is InChI=1S/C27H35FN8O4/c1-5-22(37)35-13-9-20(28)21(16-35)39-24-19-6-10-29-23(19)32-25(33-24)31-17-14-30-36(15-17)18-7-11-34(12-8-18)26(38)40-27(2,3)4/h5-6,10,14-15,18,20-21H,1,7-9,11-13,16H2,2-4H3,(H2,29,31,32,33)/t20-,21+/m1/s1. The summed E-state index contributed by atoms with van der Waals surface area (Å²) in [6, 6.07) is 1.90. The number of nitrogens with zero attached hydrogens (tertiary/aromatic N) is 6. The van der Waals surface area contributed by atoms with Crippen molar-refractivity contribution in [3.63, 3.8) is 0 Å². The maximum absolute atomic E-state index is 14.8. The third kappa shape index (κ3) is 6.18. The summed E-state index contributed by atoms with van der Waals surface area (Å²) in [5, 5.41) is 8.28. The second-order valence-corrected chi connectivity index (χ2v) is 11.1. The predicted octanol–water partition coefficient (Wildman–Crippen LogP) is 3.97. The number of likely N-dealkylation sites (tertiary alicyclic amines) is 2. The number of anilines is 2. The van der Waals surface area contributed by atoms with Gasteiger partial charge in [0.1, 0.15) is 23.5 Å². The van der Waals surface area contributed by atoms with E-state index in [-0.39, 0.29) is 42.8 Å². The molecule has 2 aliphatic heterocycles. The quantitative estimate of drug-likeness (QED) is 0.438. The van der Waals surface area contributed by atoms with Gasteiger partial charge in [-0.25, -0.2) is 9.18 Å². The molecule has 5 heterocycles. The molecule has 2 aliphatic rings. The fourth-order valence-corrected chi connectivity index (χ4v) is 4.90. The summed E-state index contributed by atoms with van der Waals surface area (Å²) in [5.74, 6) is 0.218. The first kappa shape index (κ1) is 27.4. The molecule has 2 N–H and O–H groups in total. The fraction of sp³-hybridized carbons (Fsp3) is 0.519. The largest absolute Gasteiger partial charge is 0.469 e. The Kier molecular flexibility index (Phi) is 7.63. The van der Waals surface area contributed by atoms with E-state index in [1.165, 1.54) is 11.0 Å². The number of fused-ring (bicyclic) bond motifs is 1. The first-order chi connectivity index (χ1) is 19.1. The summed E-state index contributed by atoms with van der Waals surface area (Å²) in [6.45, 7) is 10.7. The van der Waals surface area contributed by atoms with Crippen molar-refractivity contribution in [1.82, 2.24) is 34.5 Å². The number of alkyl halides is 1. The highest BCUT2D eigenvalue weighted by Gasteiger charge is 2.33. The topological polar surface area (TPSA) is 130 Å². The lowest BCUT2D eigenvalue weighted by atomic mass is 10.1. The number of ether oxygens (including phenoxy) is 2. The molecule has 0 unspecified atom stereocenters. The second-order valence-electron chi connectivity index (χ2n) is 11.1. The summed E-state index contributed by atoms with van der Waals surface area (Å²) >= 11 is 0. The Morgan fingerprint density at radius 1 is 1.18 bits per heavy atom. The van der Waals surface area contributed by atoms with E-state index in [2.05, 4.69) is 31.9 Å². The number of carbonyl (C=O) groups is 2. The van der Waals surface area contributed by atoms with Gasteiger partial charge < -0.3 is 29.6 Å². The highest BCUT2D eigenvalue weighted by molar-refractivity contribution is 5.87. The smallest absolute Gasteiger partial charge is 0.410 e. The van der Waals surface area contributed by atoms with Crippen LogP contribution in [0.1, 0.15) is 46.1 Å². The first-order valence-electron chi connectivity index (χ1n) is 13.5. The van der Waals surface area contributed by atoms with E-state index in [1.807, 2.05) is 31.6 Å². The average Bonchev–Trinajstić information content (AvgIpc) is 3.58. The number of halogens is 1. The highest BCUT2D eigenvalue weighted by atomic mass is 19.1. The molecule has 2 saturated heterocycles. The molecule has 0 aliphatic carbocycles. The number of hydrogen-bond acceptors (Lipinski definition) is 8. The van der Waals surface area contributed by atoms with E-state index in [1.54, 1.807) is 23.4 Å². The lowest BCUT2D eigenvalue weighted by Crippen LogP contribution is -2.49. The number of piperidine rings is 2. The van der Waals surface area contributed by atoms with Crippen LogP contribution in [0, 0.1) is 0 Å². The van der Waals surface area contributed by atoms with Gasteiger partial charge in [-0.1, -0.05) is 6.58 Å². The van der Waals surface area contributed by atoms with Gasteiger partial charge in [0, 0.05) is 32.0 Å². The van der Waals surface area contributed by atoms with Gasteiger partial charge in [0.2, 0.25) is 17.7 Å². The molecule has 13 heteroatoms. The van der Waals surface area contributed by atoms with E-state index in [9.17, 15) is 14.0 Å². The van der Waals surface area contributed by atoms with Crippen LogP contribution in [-0.4, -0.2) is 90.6 Å². The van der Waals surface area contributed by atoms with Crippen LogP contribution < -0.4 is 10.1 Å². The number of aromatic nitrogens is 5. The number of rotatable bonds is 6. The number of aromatic amines is 1. The Morgan fingerprint density at radius 2 is 1.93 bits per heavy atom. The Bertz CT molecular complexity index is 1370. The number of carbonyl (C=O) groups excluding carboxylic acids is 2. The Balaban J connectivity index is 1.25. The van der Waals surface area contributed by atoms with Crippen LogP contribution in [0.25, 0.3) is 11.0 Å². The predicted molar refractivity (Wildman–Crippen MR) is 146 cm³/mol. The van der Waals surface area contributed by atoms with Crippen molar-refractivity contribution in [3.8, 4) is 5.88 Å². The van der Waals surface area contributed by atoms with Crippen molar-refractivity contribution in [3.05, 3.63) is 37.3 Å². The minimum Gasteiger partial charge on any atom is -0.469 e. The molecule has 5 rings (SSSR count). The van der Waals surface area contributed by atoms with Crippen LogP contribution in [0.15, 0.2) is 37.3 Å². The molecule has 0 saturated carbocycles. The van der Waals surface area contributed by atoms with E-state index < -0.39 is 17.9 Å². The normalized spacial score (nSPS) is 20.4. The maximum Gasteiger partial charge on any atom is 0.410 e. The van der Waals surface area contributed by atoms with Crippen molar-refractivity contribution < 1.29 is 23.5 Å². The van der Waals surface area contributed by atoms with E-state index in [0.717, 1.165) is 12.8 Å². The minimum absolute atomic E-state index is 0.101. The third-order valence-corrected chi connectivity index (χ3v) is 6.96. The van der Waals surface area contributed by atoms with Gasteiger partial charge in [0.15, 0.2) is 0 Å². The molecule has 0 spiro atoms. The SMILES string of the molecule is C=CC(=O)N1CC[C@@H](F)[C@@H](Oc2nc(Nc3cnn(C4CCN(C(=O)OC(C)(C)C)CC4)c3)nc3[nH]ccc23)C1. The molecule has 3 aromatic rings. The summed E-state index contributed by atoms with van der Waals surface area (Å²) in [7, 11) is 0. The second kappa shape index (κ2) is 11.1. The molecular formula is C27H35FN8O4. The summed E-state index contributed by atoms with van der Waals surface area (Å²) < 4.78 is 28.2. The van der Waals surface area contributed by atoms with E-state index in [0.29, 0.717) is 36.4 Å². The summed E-state index contributed by atoms with van der Waals surface area (Å²) in [5.41, 5.74) is 0.677. The van der Waals surface area contributed by atoms with Gasteiger partial charge in [-0.05, 0) is 52.2 Å². The van der Waals surface area contributed by atoms with Crippen LogP contribution in [0.4, 0.5) is 20.8 Å². The van der Waals surface area contributed by atoms with Crippen molar-refractivity contribution in [1.29, 1.82) is 0 Å². The van der Waals surface area contributed by atoms with E-state index in [4.69, 9.17) is 9.47 Å². The lowest BCUT2D eigenvalue weighted by molar-refractivity contribution is -0.130. The molecule has 2 fully saturated rings. The number of nitrogens with one attached hydrogen (secondary N) is 2. The molecule has 2 amide bonds. The van der Waals surface area contributed by atoms with Crippen molar-refractivity contribution in [2.45, 2.75) is 64.0 Å². The van der Waals surface area contributed by atoms with Crippen LogP contribution in [0.2, 0.25) is 0 Å². The zero-order chi connectivity index (χ0) is 28.4. The van der Waals surface area contributed by atoms with Crippen LogP contribution in [0.3, 0.4) is 0 Å². The van der Waals surface area contributed by atoms with Gasteiger partial charge in [-0.2, -0.15) is 15.1 Å². The lowest BCUT2D eigenvalue weighted by Gasteiger charge is -2.34. The zero-order valence-electron chi connectivity index (χ0n) is 23.0. The Morgan fingerprint density at radius 3 is 2.65 bits per heavy atom. The Labute approximate surface area is 231 Å². The number of hydrogen-bond donors (Lipinski definition) is 2. The molecule has 2 atom stereocenters. The monoisotopic (exact) mass is 554 g/mol. The molecule has 3 aromatic heterocycles. The maximum atomic E-state index is 14.8. The summed E-state index contributed by atoms with van der Waals surface area (Å²) in [6.07, 6.45) is 5.75. The number of H-pyrrole nitrogens is 1. The van der Waals surface area contributed by atoms with Gasteiger partial charge in [-0.15, -0.1) is 0 Å². The molecule has 0 aromatic carbocycles. The van der Waals surface area contributed by atoms with Crippen molar-refractivity contribution in [2.24, 2.45) is 0 Å². The molecule has 0 radical (unpaired) electrons. The van der Waals surface area contributed by atoms with Crippen molar-refractivity contribution >= 4 is 34.7 Å². The number of amides is 2. The van der Waals surface area contributed by atoms with Crippen LogP contribution in [0.5, 0.6) is 5.88 Å². The molecule has 214 valence electrons. The fourth-order valence-electron chi connectivity index (χ4n) is 4.90. The van der Waals surface area contributed by atoms with E-state index >= 15 is 0 Å². The summed E-state index contributed by atoms with van der Waals surface area (Å²) in [4.78, 5) is 39.8. The Hall–Kier alpha value is -4.16. The molecular weight excluding hydrogens is 519 g/mol. The van der Waals surface area contributed by atoms with Gasteiger partial charge >= 0.3 is 6.09 Å². The molecule has 0 bridgehead atoms. The first-order valence-corrected chi connectivity index (χ1v) is 13.5. The van der Waals surface area contributed by atoms with Crippen molar-refractivity contribution in [2.75, 3.05) is 31.5 Å².